The number of rotatable bonds is 11. The van der Waals surface area contributed by atoms with Crippen molar-refractivity contribution in [2.45, 2.75) is 97.9 Å². The number of carbonyl (C=O) groups excluding carboxylic acids is 3. The maximum atomic E-state index is 14.8. The number of aryl methyl sites for hydroxylation is 2. The first-order valence-electron chi connectivity index (χ1n) is 15.2. The number of phenolic OH excluding ortho intramolecular Hbond substituents is 1. The molecule has 0 bridgehead atoms. The van der Waals surface area contributed by atoms with E-state index in [1.54, 1.807) is 37.8 Å². The van der Waals surface area contributed by atoms with Gasteiger partial charge in [0.1, 0.15) is 23.4 Å². The Morgan fingerprint density at radius 1 is 0.864 bits per heavy atom. The van der Waals surface area contributed by atoms with Gasteiger partial charge in [-0.25, -0.2) is 4.79 Å². The van der Waals surface area contributed by atoms with Crippen LogP contribution in [-0.2, 0) is 27.2 Å². The monoisotopic (exact) mass is 601 g/mol. The van der Waals surface area contributed by atoms with Crippen molar-refractivity contribution in [1.82, 2.24) is 10.2 Å². The summed E-state index contributed by atoms with van der Waals surface area (Å²) in [5.74, 6) is -0.701. The van der Waals surface area contributed by atoms with E-state index in [1.165, 1.54) is 12.1 Å². The quantitative estimate of drug-likeness (QED) is 0.217. The zero-order chi connectivity index (χ0) is 32.7. The van der Waals surface area contributed by atoms with Crippen LogP contribution in [-0.4, -0.2) is 45.1 Å². The van der Waals surface area contributed by atoms with Gasteiger partial charge in [0.25, 0.3) is 5.91 Å². The molecule has 0 saturated heterocycles. The van der Waals surface area contributed by atoms with E-state index in [1.807, 2.05) is 76.2 Å². The van der Waals surface area contributed by atoms with Crippen molar-refractivity contribution in [2.75, 3.05) is 5.32 Å². The number of nitrogens with zero attached hydrogens (tertiary/aromatic N) is 1. The molecule has 8 nitrogen and oxygen atoms in total. The average molecular weight is 602 g/mol. The fraction of sp³-hybridized carbons (Fsp3) is 0.417. The first-order valence-corrected chi connectivity index (χ1v) is 15.2. The molecule has 0 radical (unpaired) electrons. The molecule has 3 rings (SSSR count). The third-order valence-corrected chi connectivity index (χ3v) is 7.73. The molecular weight excluding hydrogens is 554 g/mol. The van der Waals surface area contributed by atoms with Gasteiger partial charge in [-0.05, 0) is 94.8 Å². The third-order valence-electron chi connectivity index (χ3n) is 7.73. The van der Waals surface area contributed by atoms with Crippen molar-refractivity contribution in [1.29, 1.82) is 0 Å². The highest BCUT2D eigenvalue weighted by Gasteiger charge is 2.43. The predicted octanol–water partition coefficient (Wildman–Crippen LogP) is 7.10. The molecule has 3 amide bonds. The first-order chi connectivity index (χ1) is 20.6. The van der Waals surface area contributed by atoms with Gasteiger partial charge in [-0.1, -0.05) is 68.4 Å². The Morgan fingerprint density at radius 2 is 1.45 bits per heavy atom. The zero-order valence-corrected chi connectivity index (χ0v) is 27.2. The topological polar surface area (TPSA) is 108 Å². The number of anilines is 1. The lowest BCUT2D eigenvalue weighted by molar-refractivity contribution is -0.147. The summed E-state index contributed by atoms with van der Waals surface area (Å²) in [6, 6.07) is 19.6. The molecule has 0 aliphatic heterocycles. The smallest absolute Gasteiger partial charge is 0.408 e. The number of benzene rings is 3. The van der Waals surface area contributed by atoms with Crippen molar-refractivity contribution in [3.05, 3.63) is 95.1 Å². The Morgan fingerprint density at radius 3 is 2.00 bits per heavy atom. The lowest BCUT2D eigenvalue weighted by Crippen LogP contribution is -2.59. The van der Waals surface area contributed by atoms with Gasteiger partial charge in [0, 0.05) is 17.6 Å². The van der Waals surface area contributed by atoms with E-state index >= 15 is 0 Å². The molecule has 0 aromatic heterocycles. The SMILES string of the molecule is CCc1ccc(C(C(=O)Nc2ccccc2C)N(C(=O)C(Cc2ccc(O)cc2)NC(=O)OC(C)(C)C)C(C)(C)CC)cc1. The lowest BCUT2D eigenvalue weighted by Gasteiger charge is -2.44. The van der Waals surface area contributed by atoms with Crippen LogP contribution < -0.4 is 10.6 Å². The zero-order valence-electron chi connectivity index (χ0n) is 27.2. The number of ether oxygens (including phenoxy) is 1. The highest BCUT2D eigenvalue weighted by atomic mass is 16.6. The Kier molecular flexibility index (Phi) is 11.2. The minimum atomic E-state index is -1.07. The Balaban J connectivity index is 2.15. The first kappa shape index (κ1) is 34.2. The van der Waals surface area contributed by atoms with Crippen LogP contribution in [0.15, 0.2) is 72.8 Å². The fourth-order valence-corrected chi connectivity index (χ4v) is 4.90. The molecule has 0 saturated carbocycles. The van der Waals surface area contributed by atoms with E-state index in [2.05, 4.69) is 17.6 Å². The lowest BCUT2D eigenvalue weighted by atomic mass is 9.90. The van der Waals surface area contributed by atoms with Crippen molar-refractivity contribution in [3.8, 4) is 5.75 Å². The van der Waals surface area contributed by atoms with E-state index in [-0.39, 0.29) is 18.1 Å². The van der Waals surface area contributed by atoms with E-state index in [0.29, 0.717) is 17.7 Å². The second kappa shape index (κ2) is 14.4. The summed E-state index contributed by atoms with van der Waals surface area (Å²) < 4.78 is 5.54. The summed E-state index contributed by atoms with van der Waals surface area (Å²) in [7, 11) is 0. The van der Waals surface area contributed by atoms with Crippen molar-refractivity contribution in [2.24, 2.45) is 0 Å². The van der Waals surface area contributed by atoms with Gasteiger partial charge < -0.3 is 25.4 Å². The summed E-state index contributed by atoms with van der Waals surface area (Å²) >= 11 is 0. The molecule has 2 unspecified atom stereocenters. The number of aromatic hydroxyl groups is 1. The summed E-state index contributed by atoms with van der Waals surface area (Å²) in [6.45, 7) is 15.0. The molecule has 0 aliphatic rings. The molecule has 8 heteroatoms. The molecule has 3 N–H and O–H groups in total. The summed E-state index contributed by atoms with van der Waals surface area (Å²) in [6.07, 6.45) is 0.753. The van der Waals surface area contributed by atoms with Crippen LogP contribution in [0.2, 0.25) is 0 Å². The summed E-state index contributed by atoms with van der Waals surface area (Å²) in [5.41, 5.74) is 2.46. The molecule has 0 heterocycles. The number of carbonyl (C=O) groups is 3. The van der Waals surface area contributed by atoms with Gasteiger partial charge in [0.05, 0.1) is 0 Å². The molecule has 0 fully saturated rings. The minimum Gasteiger partial charge on any atom is -0.508 e. The second-order valence-electron chi connectivity index (χ2n) is 12.7. The molecule has 0 aliphatic carbocycles. The largest absolute Gasteiger partial charge is 0.508 e. The fourth-order valence-electron chi connectivity index (χ4n) is 4.90. The molecule has 236 valence electrons. The maximum Gasteiger partial charge on any atom is 0.408 e. The highest BCUT2D eigenvalue weighted by molar-refractivity contribution is 5.99. The van der Waals surface area contributed by atoms with Crippen LogP contribution in [0.4, 0.5) is 10.5 Å². The molecular formula is C36H47N3O5. The third kappa shape index (κ3) is 9.09. The number of alkyl carbamates (subject to hydrolysis) is 1. The molecule has 3 aromatic rings. The van der Waals surface area contributed by atoms with Gasteiger partial charge >= 0.3 is 6.09 Å². The number of para-hydroxylation sites is 1. The van der Waals surface area contributed by atoms with Gasteiger partial charge in [-0.3, -0.25) is 9.59 Å². The van der Waals surface area contributed by atoms with Gasteiger partial charge in [0.2, 0.25) is 5.91 Å². The van der Waals surface area contributed by atoms with Crippen LogP contribution in [0.25, 0.3) is 0 Å². The normalized spacial score (nSPS) is 13.0. The summed E-state index contributed by atoms with van der Waals surface area (Å²) in [5, 5.41) is 15.7. The van der Waals surface area contributed by atoms with Crippen LogP contribution >= 0.6 is 0 Å². The Bertz CT molecular complexity index is 1430. The molecule has 3 aromatic carbocycles. The van der Waals surface area contributed by atoms with Crippen molar-refractivity contribution >= 4 is 23.6 Å². The predicted molar refractivity (Wildman–Crippen MR) is 175 cm³/mol. The summed E-state index contributed by atoms with van der Waals surface area (Å²) in [4.78, 5) is 43.8. The average Bonchev–Trinajstić information content (AvgIpc) is 2.96. The maximum absolute atomic E-state index is 14.8. The Labute approximate surface area is 261 Å². The van der Waals surface area contributed by atoms with E-state index < -0.39 is 35.2 Å². The Hall–Kier alpha value is -4.33. The molecule has 0 spiro atoms. The number of phenols is 1. The van der Waals surface area contributed by atoms with E-state index in [4.69, 9.17) is 4.74 Å². The number of amides is 3. The highest BCUT2D eigenvalue weighted by Crippen LogP contribution is 2.34. The van der Waals surface area contributed by atoms with Crippen LogP contribution in [0.1, 0.15) is 83.2 Å². The second-order valence-corrected chi connectivity index (χ2v) is 12.7. The minimum absolute atomic E-state index is 0.0916. The van der Waals surface area contributed by atoms with Crippen LogP contribution in [0.5, 0.6) is 5.75 Å². The number of nitrogens with one attached hydrogen (secondary N) is 2. The van der Waals surface area contributed by atoms with E-state index in [0.717, 1.165) is 23.1 Å². The number of hydrogen-bond donors (Lipinski definition) is 3. The molecule has 2 atom stereocenters. The van der Waals surface area contributed by atoms with Gasteiger partial charge in [-0.2, -0.15) is 0 Å². The van der Waals surface area contributed by atoms with E-state index in [9.17, 15) is 19.5 Å². The van der Waals surface area contributed by atoms with Crippen LogP contribution in [0, 0.1) is 6.92 Å². The van der Waals surface area contributed by atoms with Gasteiger partial charge in [-0.15, -0.1) is 0 Å². The van der Waals surface area contributed by atoms with Crippen molar-refractivity contribution in [3.63, 3.8) is 0 Å². The van der Waals surface area contributed by atoms with Crippen LogP contribution in [0.3, 0.4) is 0 Å². The van der Waals surface area contributed by atoms with Gasteiger partial charge in [0.15, 0.2) is 0 Å². The molecule has 44 heavy (non-hydrogen) atoms. The number of hydrogen-bond acceptors (Lipinski definition) is 5. The standard InChI is InChI=1S/C36H47N3O5/c1-9-25-15-19-27(20-16-25)31(32(41)37-29-14-12-11-13-24(29)3)39(36(7,8)10-2)33(42)30(38-34(43)44-35(4,5)6)23-26-17-21-28(40)22-18-26/h11-22,30-31,40H,9-10,23H2,1-8H3,(H,37,41)(H,38,43). The van der Waals surface area contributed by atoms with Crippen molar-refractivity contribution < 1.29 is 24.2 Å².